The second kappa shape index (κ2) is 4.86. The molecule has 0 aliphatic carbocycles. The summed E-state index contributed by atoms with van der Waals surface area (Å²) in [5, 5.41) is 19.1. The number of pyridine rings is 1. The van der Waals surface area contributed by atoms with E-state index in [9.17, 15) is 15.0 Å². The first-order valence-electron chi connectivity index (χ1n) is 4.56. The maximum absolute atomic E-state index is 10.5. The standard InChI is InChI=1S/C10H14N2O3/c1-6-2-7(5-12-4-6)10(15)8(13)3-9(11)14/h2,4-5,8,10,13,15H,3H2,1H3,(H2,11,14). The molecule has 0 bridgehead atoms. The SMILES string of the molecule is Cc1cncc(C(O)C(O)CC(N)=O)c1. The molecule has 1 rings (SSSR count). The van der Waals surface area contributed by atoms with Crippen LogP contribution in [0.25, 0.3) is 0 Å². The molecule has 2 atom stereocenters. The molecule has 1 aromatic rings. The van der Waals surface area contributed by atoms with E-state index in [2.05, 4.69) is 4.98 Å². The maximum Gasteiger partial charge on any atom is 0.220 e. The summed E-state index contributed by atoms with van der Waals surface area (Å²) in [6, 6.07) is 1.70. The van der Waals surface area contributed by atoms with E-state index >= 15 is 0 Å². The number of nitrogens with zero attached hydrogens (tertiary/aromatic N) is 1. The van der Waals surface area contributed by atoms with Gasteiger partial charge in [-0.2, -0.15) is 0 Å². The fraction of sp³-hybridized carbons (Fsp3) is 0.400. The van der Waals surface area contributed by atoms with Gasteiger partial charge in [0.25, 0.3) is 0 Å². The van der Waals surface area contributed by atoms with Crippen molar-refractivity contribution >= 4 is 5.91 Å². The number of hydrogen-bond acceptors (Lipinski definition) is 4. The van der Waals surface area contributed by atoms with Crippen LogP contribution < -0.4 is 5.73 Å². The number of nitrogens with two attached hydrogens (primary N) is 1. The van der Waals surface area contributed by atoms with Gasteiger partial charge >= 0.3 is 0 Å². The van der Waals surface area contributed by atoms with E-state index in [1.54, 1.807) is 12.3 Å². The number of hydrogen-bond donors (Lipinski definition) is 3. The van der Waals surface area contributed by atoms with Gasteiger partial charge in [0, 0.05) is 18.0 Å². The lowest BCUT2D eigenvalue weighted by Gasteiger charge is -2.16. The van der Waals surface area contributed by atoms with Gasteiger partial charge in [-0.1, -0.05) is 6.07 Å². The molecule has 1 heterocycles. The largest absolute Gasteiger partial charge is 0.390 e. The van der Waals surface area contributed by atoms with Gasteiger partial charge in [0.1, 0.15) is 6.10 Å². The fourth-order valence-electron chi connectivity index (χ4n) is 1.28. The third-order valence-corrected chi connectivity index (χ3v) is 2.01. The molecule has 5 heteroatoms. The van der Waals surface area contributed by atoms with Crippen LogP contribution in [0.4, 0.5) is 0 Å². The number of carbonyl (C=O) groups is 1. The molecular weight excluding hydrogens is 196 g/mol. The summed E-state index contributed by atoms with van der Waals surface area (Å²) in [5.74, 6) is -0.651. The van der Waals surface area contributed by atoms with Crippen molar-refractivity contribution in [2.45, 2.75) is 25.6 Å². The fourth-order valence-corrected chi connectivity index (χ4v) is 1.28. The Morgan fingerprint density at radius 3 is 2.73 bits per heavy atom. The Balaban J connectivity index is 2.75. The van der Waals surface area contributed by atoms with Crippen molar-refractivity contribution < 1.29 is 15.0 Å². The molecule has 0 aromatic carbocycles. The summed E-state index contributed by atoms with van der Waals surface area (Å²) in [6.45, 7) is 1.82. The number of rotatable bonds is 4. The quantitative estimate of drug-likeness (QED) is 0.633. The van der Waals surface area contributed by atoms with Crippen molar-refractivity contribution in [1.29, 1.82) is 0 Å². The predicted molar refractivity (Wildman–Crippen MR) is 53.8 cm³/mol. The predicted octanol–water partition coefficient (Wildman–Crippen LogP) is -0.340. The molecule has 0 aliphatic rings. The third kappa shape index (κ3) is 3.30. The van der Waals surface area contributed by atoms with Crippen LogP contribution in [0.1, 0.15) is 23.7 Å². The van der Waals surface area contributed by atoms with Gasteiger partial charge in [0.2, 0.25) is 5.91 Å². The zero-order chi connectivity index (χ0) is 11.4. The highest BCUT2D eigenvalue weighted by molar-refractivity contribution is 5.74. The maximum atomic E-state index is 10.5. The van der Waals surface area contributed by atoms with E-state index in [0.29, 0.717) is 5.56 Å². The van der Waals surface area contributed by atoms with E-state index in [-0.39, 0.29) is 6.42 Å². The molecule has 0 aliphatic heterocycles. The van der Waals surface area contributed by atoms with Crippen molar-refractivity contribution in [2.24, 2.45) is 5.73 Å². The Morgan fingerprint density at radius 2 is 2.20 bits per heavy atom. The van der Waals surface area contributed by atoms with Crippen molar-refractivity contribution in [1.82, 2.24) is 4.98 Å². The molecule has 0 saturated heterocycles. The lowest BCUT2D eigenvalue weighted by Crippen LogP contribution is -2.25. The molecule has 15 heavy (non-hydrogen) atoms. The van der Waals surface area contributed by atoms with Gasteiger partial charge in [-0.25, -0.2) is 0 Å². The molecule has 82 valence electrons. The molecule has 2 unspecified atom stereocenters. The van der Waals surface area contributed by atoms with Crippen molar-refractivity contribution in [3.05, 3.63) is 29.6 Å². The van der Waals surface area contributed by atoms with Crippen molar-refractivity contribution in [2.75, 3.05) is 0 Å². The van der Waals surface area contributed by atoms with Crippen LogP contribution in [-0.4, -0.2) is 27.2 Å². The van der Waals surface area contributed by atoms with Crippen molar-refractivity contribution in [3.63, 3.8) is 0 Å². The first-order chi connectivity index (χ1) is 7.00. The lowest BCUT2D eigenvalue weighted by molar-refractivity contribution is -0.121. The van der Waals surface area contributed by atoms with Gasteiger partial charge in [0.05, 0.1) is 12.5 Å². The number of amides is 1. The molecule has 1 amide bonds. The Morgan fingerprint density at radius 1 is 1.53 bits per heavy atom. The van der Waals surface area contributed by atoms with Crippen LogP contribution in [0.5, 0.6) is 0 Å². The molecule has 0 saturated carbocycles. The van der Waals surface area contributed by atoms with Crippen LogP contribution in [0.3, 0.4) is 0 Å². The van der Waals surface area contributed by atoms with Gasteiger partial charge in [-0.3, -0.25) is 9.78 Å². The zero-order valence-electron chi connectivity index (χ0n) is 8.42. The van der Waals surface area contributed by atoms with E-state index in [0.717, 1.165) is 5.56 Å². The number of aromatic nitrogens is 1. The van der Waals surface area contributed by atoms with Gasteiger partial charge in [-0.15, -0.1) is 0 Å². The summed E-state index contributed by atoms with van der Waals surface area (Å²) >= 11 is 0. The molecule has 0 fully saturated rings. The molecular formula is C10H14N2O3. The zero-order valence-corrected chi connectivity index (χ0v) is 8.42. The first kappa shape index (κ1) is 11.6. The van der Waals surface area contributed by atoms with Gasteiger partial charge in [-0.05, 0) is 12.5 Å². The Hall–Kier alpha value is -1.46. The van der Waals surface area contributed by atoms with Crippen LogP contribution >= 0.6 is 0 Å². The Bertz CT molecular complexity index is 354. The summed E-state index contributed by atoms with van der Waals surface area (Å²) < 4.78 is 0. The average molecular weight is 210 g/mol. The van der Waals surface area contributed by atoms with Crippen LogP contribution in [0.2, 0.25) is 0 Å². The minimum atomic E-state index is -1.19. The summed E-state index contributed by atoms with van der Waals surface area (Å²) in [7, 11) is 0. The molecule has 0 radical (unpaired) electrons. The number of carbonyl (C=O) groups excluding carboxylic acids is 1. The van der Waals surface area contributed by atoms with E-state index < -0.39 is 18.1 Å². The highest BCUT2D eigenvalue weighted by atomic mass is 16.3. The number of aryl methyl sites for hydroxylation is 1. The van der Waals surface area contributed by atoms with Crippen LogP contribution in [0, 0.1) is 6.92 Å². The van der Waals surface area contributed by atoms with Gasteiger partial charge in [0.15, 0.2) is 0 Å². The molecule has 4 N–H and O–H groups in total. The monoisotopic (exact) mass is 210 g/mol. The van der Waals surface area contributed by atoms with Gasteiger partial charge < -0.3 is 15.9 Å². The van der Waals surface area contributed by atoms with E-state index in [1.807, 2.05) is 6.92 Å². The Kier molecular flexibility index (Phi) is 3.76. The summed E-state index contributed by atoms with van der Waals surface area (Å²) in [5.41, 5.74) is 6.26. The molecule has 0 spiro atoms. The number of aliphatic hydroxyl groups is 2. The normalized spacial score (nSPS) is 14.6. The highest BCUT2D eigenvalue weighted by Gasteiger charge is 2.20. The summed E-state index contributed by atoms with van der Waals surface area (Å²) in [4.78, 5) is 14.4. The molecule has 1 aromatic heterocycles. The first-order valence-corrected chi connectivity index (χ1v) is 4.56. The number of aliphatic hydroxyl groups excluding tert-OH is 2. The van der Waals surface area contributed by atoms with E-state index in [4.69, 9.17) is 5.73 Å². The second-order valence-electron chi connectivity index (χ2n) is 3.48. The van der Waals surface area contributed by atoms with Crippen LogP contribution in [0.15, 0.2) is 18.5 Å². The highest BCUT2D eigenvalue weighted by Crippen LogP contribution is 2.18. The average Bonchev–Trinajstić information content (AvgIpc) is 2.15. The minimum Gasteiger partial charge on any atom is -0.390 e. The minimum absolute atomic E-state index is 0.269. The van der Waals surface area contributed by atoms with Crippen molar-refractivity contribution in [3.8, 4) is 0 Å². The number of primary amides is 1. The lowest BCUT2D eigenvalue weighted by atomic mass is 10.0. The Labute approximate surface area is 87.6 Å². The van der Waals surface area contributed by atoms with E-state index in [1.165, 1.54) is 6.20 Å². The van der Waals surface area contributed by atoms with Crippen LogP contribution in [-0.2, 0) is 4.79 Å². The smallest absolute Gasteiger partial charge is 0.220 e. The second-order valence-corrected chi connectivity index (χ2v) is 3.48. The molecule has 5 nitrogen and oxygen atoms in total. The topological polar surface area (TPSA) is 96.4 Å². The summed E-state index contributed by atoms with van der Waals surface area (Å²) in [6.07, 6.45) is 0.490. The third-order valence-electron chi connectivity index (χ3n) is 2.01.